The van der Waals surface area contributed by atoms with Crippen LogP contribution in [0, 0.1) is 28.1 Å². The molecule has 1 aromatic carbocycles. The molecule has 4 unspecified atom stereocenters. The van der Waals surface area contributed by atoms with Gasteiger partial charge in [-0.3, -0.25) is 4.79 Å². The fourth-order valence-corrected chi connectivity index (χ4v) is 8.48. The molecule has 29 heavy (non-hydrogen) atoms. The first-order valence-corrected chi connectivity index (χ1v) is 11.2. The standard InChI is InChI=1S/C26H38O3/c1-23(2)11-9-12-26(6)20(23)10-13-25(5)17-15-19(29-8)18(28-7)14-16(17)21(27)24(3,4)22(25)26/h14-15,20,22H,9-13H2,1-8H3. The van der Waals surface area contributed by atoms with Crippen LogP contribution in [0.5, 0.6) is 11.5 Å². The van der Waals surface area contributed by atoms with Gasteiger partial charge in [0.2, 0.25) is 0 Å². The molecule has 0 N–H and O–H groups in total. The molecule has 4 rings (SSSR count). The van der Waals surface area contributed by atoms with Gasteiger partial charge in [0.05, 0.1) is 14.2 Å². The molecule has 3 aliphatic rings. The third kappa shape index (κ3) is 2.58. The lowest BCUT2D eigenvalue weighted by atomic mass is 9.36. The molecule has 0 heterocycles. The molecule has 4 atom stereocenters. The number of ketones is 1. The Morgan fingerprint density at radius 2 is 1.52 bits per heavy atom. The van der Waals surface area contributed by atoms with Crippen molar-refractivity contribution >= 4 is 5.78 Å². The second-order valence-corrected chi connectivity index (χ2v) is 11.6. The summed E-state index contributed by atoms with van der Waals surface area (Å²) in [4.78, 5) is 13.9. The molecule has 3 aliphatic carbocycles. The zero-order chi connectivity index (χ0) is 21.4. The highest BCUT2D eigenvalue weighted by atomic mass is 16.5. The van der Waals surface area contributed by atoms with Gasteiger partial charge in [-0.05, 0) is 71.5 Å². The topological polar surface area (TPSA) is 35.5 Å². The maximum atomic E-state index is 13.9. The van der Waals surface area contributed by atoms with Gasteiger partial charge in [0.15, 0.2) is 17.3 Å². The van der Waals surface area contributed by atoms with Crippen molar-refractivity contribution in [2.45, 2.75) is 79.1 Å². The Balaban J connectivity index is 1.97. The highest BCUT2D eigenvalue weighted by molar-refractivity contribution is 6.04. The molecule has 0 aliphatic heterocycles. The zero-order valence-electron chi connectivity index (χ0n) is 19.6. The van der Waals surface area contributed by atoms with Gasteiger partial charge in [0.25, 0.3) is 0 Å². The largest absolute Gasteiger partial charge is 0.493 e. The fourth-order valence-electron chi connectivity index (χ4n) is 8.48. The van der Waals surface area contributed by atoms with E-state index in [-0.39, 0.29) is 16.6 Å². The number of benzene rings is 1. The van der Waals surface area contributed by atoms with Crippen LogP contribution in [0.25, 0.3) is 0 Å². The summed E-state index contributed by atoms with van der Waals surface area (Å²) in [7, 11) is 3.32. The monoisotopic (exact) mass is 398 g/mol. The molecule has 2 saturated carbocycles. The van der Waals surface area contributed by atoms with E-state index >= 15 is 0 Å². The quantitative estimate of drug-likeness (QED) is 0.576. The summed E-state index contributed by atoms with van der Waals surface area (Å²) < 4.78 is 11.2. The van der Waals surface area contributed by atoms with Crippen LogP contribution in [0.15, 0.2) is 12.1 Å². The van der Waals surface area contributed by atoms with Gasteiger partial charge in [0.1, 0.15) is 0 Å². The third-order valence-electron chi connectivity index (χ3n) is 9.22. The normalized spacial score (nSPS) is 37.2. The number of carbonyl (C=O) groups excluding carboxylic acids is 1. The Labute approximate surface area is 176 Å². The number of rotatable bonds is 2. The summed E-state index contributed by atoms with van der Waals surface area (Å²) in [5.74, 6) is 2.63. The highest BCUT2D eigenvalue weighted by Crippen LogP contribution is 2.70. The minimum atomic E-state index is -0.401. The summed E-state index contributed by atoms with van der Waals surface area (Å²) in [5, 5.41) is 0. The molecule has 0 spiro atoms. The van der Waals surface area contributed by atoms with Crippen molar-refractivity contribution in [3.8, 4) is 11.5 Å². The van der Waals surface area contributed by atoms with Crippen molar-refractivity contribution in [1.29, 1.82) is 0 Å². The molecule has 0 radical (unpaired) electrons. The molecule has 0 saturated heterocycles. The van der Waals surface area contributed by atoms with Gasteiger partial charge in [-0.2, -0.15) is 0 Å². The van der Waals surface area contributed by atoms with E-state index in [0.29, 0.717) is 23.0 Å². The number of hydrogen-bond acceptors (Lipinski definition) is 3. The average Bonchev–Trinajstić information content (AvgIpc) is 2.63. The maximum absolute atomic E-state index is 13.9. The second kappa shape index (κ2) is 6.25. The van der Waals surface area contributed by atoms with E-state index in [4.69, 9.17) is 9.47 Å². The Hall–Kier alpha value is -1.51. The SMILES string of the molecule is COc1cc2c(cc1OC)C1(C)CCC3C(C)(C)CCCC3(C)C1C(C)(C)C2=O. The lowest BCUT2D eigenvalue weighted by Gasteiger charge is -2.67. The molecule has 160 valence electrons. The Morgan fingerprint density at radius 3 is 2.14 bits per heavy atom. The van der Waals surface area contributed by atoms with E-state index < -0.39 is 5.41 Å². The van der Waals surface area contributed by atoms with Gasteiger partial charge in [-0.15, -0.1) is 0 Å². The predicted octanol–water partition coefficient (Wildman–Crippen LogP) is 6.43. The van der Waals surface area contributed by atoms with Crippen LogP contribution >= 0.6 is 0 Å². The van der Waals surface area contributed by atoms with Crippen LogP contribution in [0.2, 0.25) is 0 Å². The van der Waals surface area contributed by atoms with Gasteiger partial charge < -0.3 is 9.47 Å². The average molecular weight is 399 g/mol. The summed E-state index contributed by atoms with van der Waals surface area (Å²) in [6, 6.07) is 4.03. The van der Waals surface area contributed by atoms with Crippen molar-refractivity contribution in [1.82, 2.24) is 0 Å². The van der Waals surface area contributed by atoms with E-state index in [1.54, 1.807) is 14.2 Å². The number of Topliss-reactive ketones (excluding diaryl/α,β-unsaturated/α-hetero) is 1. The van der Waals surface area contributed by atoms with Crippen LogP contribution in [-0.4, -0.2) is 20.0 Å². The van der Waals surface area contributed by atoms with E-state index in [1.165, 1.54) is 31.2 Å². The molecule has 3 nitrogen and oxygen atoms in total. The lowest BCUT2D eigenvalue weighted by molar-refractivity contribution is -0.138. The Kier molecular flexibility index (Phi) is 4.47. The number of carbonyl (C=O) groups is 1. The van der Waals surface area contributed by atoms with Crippen LogP contribution in [-0.2, 0) is 5.41 Å². The minimum absolute atomic E-state index is 0.0367. The van der Waals surface area contributed by atoms with Crippen LogP contribution in [0.1, 0.15) is 89.6 Å². The molecular weight excluding hydrogens is 360 g/mol. The van der Waals surface area contributed by atoms with Gasteiger partial charge in [-0.1, -0.05) is 48.0 Å². The first-order chi connectivity index (χ1) is 13.4. The van der Waals surface area contributed by atoms with E-state index in [9.17, 15) is 4.79 Å². The third-order valence-corrected chi connectivity index (χ3v) is 9.22. The van der Waals surface area contributed by atoms with E-state index in [1.807, 2.05) is 6.07 Å². The number of methoxy groups -OCH3 is 2. The summed E-state index contributed by atoms with van der Waals surface area (Å²) in [6.07, 6.45) is 6.14. The summed E-state index contributed by atoms with van der Waals surface area (Å²) in [6.45, 7) is 14.2. The zero-order valence-corrected chi connectivity index (χ0v) is 19.6. The van der Waals surface area contributed by atoms with Gasteiger partial charge >= 0.3 is 0 Å². The lowest BCUT2D eigenvalue weighted by Crippen LogP contribution is -2.64. The summed E-state index contributed by atoms with van der Waals surface area (Å²) in [5.41, 5.74) is 2.08. The maximum Gasteiger partial charge on any atom is 0.169 e. The number of fused-ring (bicyclic) bond motifs is 5. The Bertz CT molecular complexity index is 852. The van der Waals surface area contributed by atoms with Gasteiger partial charge in [-0.25, -0.2) is 0 Å². The fraction of sp³-hybridized carbons (Fsp3) is 0.731. The van der Waals surface area contributed by atoms with E-state index in [0.717, 1.165) is 17.7 Å². The molecule has 0 bridgehead atoms. The van der Waals surface area contributed by atoms with Crippen molar-refractivity contribution in [3.05, 3.63) is 23.3 Å². The van der Waals surface area contributed by atoms with Crippen LogP contribution in [0.3, 0.4) is 0 Å². The highest BCUT2D eigenvalue weighted by Gasteiger charge is 2.66. The van der Waals surface area contributed by atoms with Crippen LogP contribution in [0.4, 0.5) is 0 Å². The van der Waals surface area contributed by atoms with Crippen molar-refractivity contribution in [2.24, 2.45) is 28.1 Å². The minimum Gasteiger partial charge on any atom is -0.493 e. The van der Waals surface area contributed by atoms with Crippen molar-refractivity contribution in [2.75, 3.05) is 14.2 Å². The second-order valence-electron chi connectivity index (χ2n) is 11.6. The molecular formula is C26H38O3. The first kappa shape index (κ1) is 20.8. The van der Waals surface area contributed by atoms with E-state index in [2.05, 4.69) is 47.6 Å². The van der Waals surface area contributed by atoms with Crippen LogP contribution < -0.4 is 9.47 Å². The first-order valence-electron chi connectivity index (χ1n) is 11.2. The van der Waals surface area contributed by atoms with Gasteiger partial charge in [0, 0.05) is 11.0 Å². The number of ether oxygens (including phenoxy) is 2. The molecule has 0 aromatic heterocycles. The predicted molar refractivity (Wildman–Crippen MR) is 117 cm³/mol. The Morgan fingerprint density at radius 1 is 0.897 bits per heavy atom. The molecule has 0 amide bonds. The number of hydrogen-bond donors (Lipinski definition) is 0. The molecule has 3 heteroatoms. The van der Waals surface area contributed by atoms with Crippen molar-refractivity contribution < 1.29 is 14.3 Å². The molecule has 1 aromatic rings. The smallest absolute Gasteiger partial charge is 0.169 e. The summed E-state index contributed by atoms with van der Waals surface area (Å²) >= 11 is 0. The van der Waals surface area contributed by atoms with Crippen molar-refractivity contribution in [3.63, 3.8) is 0 Å². The molecule has 2 fully saturated rings.